The predicted octanol–water partition coefficient (Wildman–Crippen LogP) is 4.36. The lowest BCUT2D eigenvalue weighted by atomic mass is 9.85. The molecule has 0 spiro atoms. The molecule has 4 heteroatoms. The van der Waals surface area contributed by atoms with Crippen molar-refractivity contribution in [2.75, 3.05) is 5.32 Å². The zero-order chi connectivity index (χ0) is 16.7. The molecule has 1 atom stereocenters. The van der Waals surface area contributed by atoms with Gasteiger partial charge in [-0.05, 0) is 62.1 Å². The number of anilines is 1. The third kappa shape index (κ3) is 2.68. The highest BCUT2D eigenvalue weighted by atomic mass is 19.1. The van der Waals surface area contributed by atoms with E-state index < -0.39 is 0 Å². The summed E-state index contributed by atoms with van der Waals surface area (Å²) in [6.07, 6.45) is 2.27. The molecule has 24 heavy (non-hydrogen) atoms. The van der Waals surface area contributed by atoms with Crippen LogP contribution in [0.5, 0.6) is 0 Å². The van der Waals surface area contributed by atoms with Gasteiger partial charge in [-0.25, -0.2) is 4.39 Å². The van der Waals surface area contributed by atoms with Crippen LogP contribution in [0.1, 0.15) is 23.2 Å². The topological polar surface area (TPSA) is 44.9 Å². The monoisotopic (exact) mass is 322 g/mol. The molecule has 3 nitrogen and oxygen atoms in total. The number of aryl methyl sites for hydroxylation is 2. The molecule has 4 rings (SSSR count). The number of benzene rings is 2. The zero-order valence-electron chi connectivity index (χ0n) is 13.5. The van der Waals surface area contributed by atoms with Gasteiger partial charge in [-0.1, -0.05) is 17.7 Å². The number of carbonyl (C=O) groups excluding carboxylic acids is 1. The van der Waals surface area contributed by atoms with Crippen molar-refractivity contribution in [1.29, 1.82) is 0 Å². The molecule has 0 radical (unpaired) electrons. The number of nitrogens with one attached hydrogen (secondary N) is 2. The summed E-state index contributed by atoms with van der Waals surface area (Å²) >= 11 is 0. The van der Waals surface area contributed by atoms with Crippen LogP contribution in [0.15, 0.2) is 42.5 Å². The molecule has 1 heterocycles. The Morgan fingerprint density at radius 3 is 2.79 bits per heavy atom. The average Bonchev–Trinajstić information content (AvgIpc) is 2.94. The smallest absolute Gasteiger partial charge is 0.227 e. The number of rotatable bonds is 2. The molecule has 0 bridgehead atoms. The summed E-state index contributed by atoms with van der Waals surface area (Å²) in [6.45, 7) is 2.02. The first kappa shape index (κ1) is 14.9. The summed E-state index contributed by atoms with van der Waals surface area (Å²) in [5, 5.41) is 3.90. The first-order valence-corrected chi connectivity index (χ1v) is 8.26. The first-order valence-electron chi connectivity index (χ1n) is 8.26. The molecule has 122 valence electrons. The number of halogens is 1. The van der Waals surface area contributed by atoms with Gasteiger partial charge in [0.25, 0.3) is 0 Å². The van der Waals surface area contributed by atoms with Gasteiger partial charge in [-0.15, -0.1) is 0 Å². The largest absolute Gasteiger partial charge is 0.358 e. The Labute approximate surface area is 139 Å². The summed E-state index contributed by atoms with van der Waals surface area (Å²) in [7, 11) is 0. The van der Waals surface area contributed by atoms with E-state index in [1.807, 2.05) is 31.2 Å². The number of hydrogen-bond donors (Lipinski definition) is 2. The third-order valence-electron chi connectivity index (χ3n) is 4.84. The Bertz CT molecular complexity index is 911. The number of hydrogen-bond acceptors (Lipinski definition) is 1. The number of fused-ring (bicyclic) bond motifs is 3. The molecule has 1 unspecified atom stereocenters. The van der Waals surface area contributed by atoms with Crippen LogP contribution in [-0.2, 0) is 17.6 Å². The van der Waals surface area contributed by atoms with E-state index in [1.165, 1.54) is 6.07 Å². The van der Waals surface area contributed by atoms with Gasteiger partial charge in [0.15, 0.2) is 0 Å². The number of H-pyrrole nitrogens is 1. The second-order valence-electron chi connectivity index (χ2n) is 6.57. The Morgan fingerprint density at radius 2 is 2.00 bits per heavy atom. The molecule has 1 aliphatic rings. The van der Waals surface area contributed by atoms with E-state index >= 15 is 0 Å². The van der Waals surface area contributed by atoms with E-state index in [0.29, 0.717) is 6.42 Å². The fourth-order valence-electron chi connectivity index (χ4n) is 3.49. The van der Waals surface area contributed by atoms with Gasteiger partial charge in [-0.3, -0.25) is 4.79 Å². The van der Waals surface area contributed by atoms with Crippen molar-refractivity contribution >= 4 is 22.5 Å². The van der Waals surface area contributed by atoms with Crippen molar-refractivity contribution in [3.05, 3.63) is 65.1 Å². The molecule has 2 aromatic carbocycles. The number of carbonyl (C=O) groups is 1. The van der Waals surface area contributed by atoms with Gasteiger partial charge in [0.2, 0.25) is 5.91 Å². The molecule has 0 saturated carbocycles. The molecule has 0 aliphatic heterocycles. The normalized spacial score (nSPS) is 16.8. The Morgan fingerprint density at radius 1 is 1.21 bits per heavy atom. The molecule has 1 amide bonds. The van der Waals surface area contributed by atoms with Crippen molar-refractivity contribution in [2.45, 2.75) is 26.2 Å². The van der Waals surface area contributed by atoms with Gasteiger partial charge in [0, 0.05) is 28.2 Å². The quantitative estimate of drug-likeness (QED) is 0.723. The van der Waals surface area contributed by atoms with Crippen LogP contribution in [0.2, 0.25) is 0 Å². The Balaban J connectivity index is 1.57. The lowest BCUT2D eigenvalue weighted by Crippen LogP contribution is -2.28. The van der Waals surface area contributed by atoms with Gasteiger partial charge in [-0.2, -0.15) is 0 Å². The zero-order valence-corrected chi connectivity index (χ0v) is 13.5. The minimum atomic E-state index is -0.240. The fraction of sp³-hybridized carbons (Fsp3) is 0.250. The van der Waals surface area contributed by atoms with Crippen LogP contribution < -0.4 is 5.32 Å². The minimum absolute atomic E-state index is 0.0373. The third-order valence-corrected chi connectivity index (χ3v) is 4.84. The highest BCUT2D eigenvalue weighted by Crippen LogP contribution is 2.32. The lowest BCUT2D eigenvalue weighted by Gasteiger charge is -2.22. The summed E-state index contributed by atoms with van der Waals surface area (Å²) in [5.41, 5.74) is 5.15. The summed E-state index contributed by atoms with van der Waals surface area (Å²) in [5.74, 6) is -0.285. The summed E-state index contributed by atoms with van der Waals surface area (Å²) in [4.78, 5) is 16.0. The molecular weight excluding hydrogens is 303 g/mol. The van der Waals surface area contributed by atoms with E-state index in [-0.39, 0.29) is 17.6 Å². The average molecular weight is 322 g/mol. The van der Waals surface area contributed by atoms with Crippen LogP contribution in [-0.4, -0.2) is 10.9 Å². The predicted molar refractivity (Wildman–Crippen MR) is 93.6 cm³/mol. The van der Waals surface area contributed by atoms with E-state index in [1.54, 1.807) is 12.1 Å². The molecule has 1 aliphatic carbocycles. The van der Waals surface area contributed by atoms with Crippen LogP contribution in [0.3, 0.4) is 0 Å². The number of aromatic amines is 1. The standard InChI is InChI=1S/C20H19FN2O/c1-12-2-6-15(7-3-12)22-20(24)13-4-8-18-16(10-13)17-11-14(21)5-9-19(17)23-18/h2-3,5-7,9,11,13,23H,4,8,10H2,1H3,(H,22,24). The number of aromatic nitrogens is 1. The van der Waals surface area contributed by atoms with Gasteiger partial charge >= 0.3 is 0 Å². The minimum Gasteiger partial charge on any atom is -0.358 e. The van der Waals surface area contributed by atoms with Gasteiger partial charge in [0.1, 0.15) is 5.82 Å². The molecule has 1 aromatic heterocycles. The maximum atomic E-state index is 13.6. The first-order chi connectivity index (χ1) is 11.6. The summed E-state index contributed by atoms with van der Waals surface area (Å²) < 4.78 is 13.6. The molecule has 0 fully saturated rings. The van der Waals surface area contributed by atoms with Crippen molar-refractivity contribution < 1.29 is 9.18 Å². The fourth-order valence-corrected chi connectivity index (χ4v) is 3.49. The molecule has 0 saturated heterocycles. The maximum Gasteiger partial charge on any atom is 0.227 e. The second kappa shape index (κ2) is 5.78. The van der Waals surface area contributed by atoms with Gasteiger partial charge in [0.05, 0.1) is 0 Å². The van der Waals surface area contributed by atoms with Crippen LogP contribution in [0.25, 0.3) is 10.9 Å². The highest BCUT2D eigenvalue weighted by molar-refractivity contribution is 5.94. The Kier molecular flexibility index (Phi) is 3.60. The van der Waals surface area contributed by atoms with Gasteiger partial charge < -0.3 is 10.3 Å². The van der Waals surface area contributed by atoms with Crippen molar-refractivity contribution in [3.63, 3.8) is 0 Å². The molecular formula is C20H19FN2O. The van der Waals surface area contributed by atoms with Crippen molar-refractivity contribution in [3.8, 4) is 0 Å². The lowest BCUT2D eigenvalue weighted by molar-refractivity contribution is -0.120. The molecule has 2 N–H and O–H groups in total. The van der Waals surface area contributed by atoms with E-state index in [2.05, 4.69) is 10.3 Å². The molecule has 3 aromatic rings. The van der Waals surface area contributed by atoms with E-state index in [0.717, 1.165) is 46.3 Å². The highest BCUT2D eigenvalue weighted by Gasteiger charge is 2.27. The number of amides is 1. The van der Waals surface area contributed by atoms with Crippen LogP contribution >= 0.6 is 0 Å². The maximum absolute atomic E-state index is 13.6. The van der Waals surface area contributed by atoms with E-state index in [4.69, 9.17) is 0 Å². The van der Waals surface area contributed by atoms with Crippen molar-refractivity contribution in [1.82, 2.24) is 4.98 Å². The van der Waals surface area contributed by atoms with E-state index in [9.17, 15) is 9.18 Å². The second-order valence-corrected chi connectivity index (χ2v) is 6.57. The van der Waals surface area contributed by atoms with Crippen molar-refractivity contribution in [2.24, 2.45) is 5.92 Å². The SMILES string of the molecule is Cc1ccc(NC(=O)C2CCc3[nH]c4ccc(F)cc4c3C2)cc1. The van der Waals surface area contributed by atoms with Crippen LogP contribution in [0, 0.1) is 18.7 Å². The summed E-state index contributed by atoms with van der Waals surface area (Å²) in [6, 6.07) is 12.6. The van der Waals surface area contributed by atoms with Crippen LogP contribution in [0.4, 0.5) is 10.1 Å². The Hall–Kier alpha value is -2.62.